The number of benzene rings is 2. The first-order valence-electron chi connectivity index (χ1n) is 8.28. The number of para-hydroxylation sites is 1. The van der Waals surface area contributed by atoms with Gasteiger partial charge in [0.15, 0.2) is 5.78 Å². The van der Waals surface area contributed by atoms with Crippen LogP contribution in [-0.2, 0) is 10.3 Å². The van der Waals surface area contributed by atoms with Crippen molar-refractivity contribution in [3.63, 3.8) is 0 Å². The summed E-state index contributed by atoms with van der Waals surface area (Å²) >= 11 is 0. The minimum absolute atomic E-state index is 0.0935. The maximum absolute atomic E-state index is 13.5. The van der Waals surface area contributed by atoms with Gasteiger partial charge >= 0.3 is 0 Å². The second kappa shape index (κ2) is 5.45. The highest BCUT2D eigenvalue weighted by atomic mass is 16.1. The number of aldehydes is 1. The lowest BCUT2D eigenvalue weighted by Crippen LogP contribution is -2.54. The molecule has 0 saturated heterocycles. The molecule has 2 atom stereocenters. The predicted octanol–water partition coefficient (Wildman–Crippen LogP) is 3.89. The van der Waals surface area contributed by atoms with E-state index in [-0.39, 0.29) is 11.8 Å². The molecular formula is C21H19NO2. The Labute approximate surface area is 141 Å². The molecule has 0 amide bonds. The number of ketones is 1. The van der Waals surface area contributed by atoms with Crippen LogP contribution in [0.2, 0.25) is 0 Å². The van der Waals surface area contributed by atoms with Crippen molar-refractivity contribution >= 4 is 17.8 Å². The number of carbonyl (C=O) groups excluding carboxylic acids is 2. The lowest BCUT2D eigenvalue weighted by molar-refractivity contribution is -0.108. The Morgan fingerprint density at radius 2 is 1.83 bits per heavy atom. The molecule has 0 radical (unpaired) electrons. The standard InChI is InChI=1S/C21H19NO2/c1-15-13-17(11-12-23)22-19-10-6-5-9-18(19)20(24)21(22,14-15)16-7-3-2-4-8-16/h2-10,12-13,17H,11,14H2,1H3/t17-,21-/m1/s1. The highest BCUT2D eigenvalue weighted by molar-refractivity contribution is 6.15. The molecule has 0 saturated carbocycles. The molecule has 2 aromatic carbocycles. The SMILES string of the molecule is CC1=C[C@@H](CC=O)N2c3ccccc3C(=O)[C@]2(c2ccccc2)C1. The number of nitrogens with zero attached hydrogens (tertiary/aromatic N) is 1. The van der Waals surface area contributed by atoms with Crippen LogP contribution in [0.1, 0.15) is 35.7 Å². The second-order valence-electron chi connectivity index (χ2n) is 6.60. The van der Waals surface area contributed by atoms with E-state index in [1.165, 1.54) is 0 Å². The van der Waals surface area contributed by atoms with E-state index in [1.54, 1.807) is 0 Å². The lowest BCUT2D eigenvalue weighted by atomic mass is 9.76. The number of fused-ring (bicyclic) bond motifs is 3. The molecule has 0 N–H and O–H groups in total. The molecule has 24 heavy (non-hydrogen) atoms. The molecule has 0 unspecified atom stereocenters. The molecule has 3 heteroatoms. The largest absolute Gasteiger partial charge is 0.347 e. The zero-order valence-electron chi connectivity index (χ0n) is 13.6. The van der Waals surface area contributed by atoms with Crippen LogP contribution in [-0.4, -0.2) is 18.1 Å². The normalized spacial score (nSPS) is 25.0. The summed E-state index contributed by atoms with van der Waals surface area (Å²) in [7, 11) is 0. The molecule has 0 spiro atoms. The highest BCUT2D eigenvalue weighted by Crippen LogP contribution is 2.51. The van der Waals surface area contributed by atoms with Crippen molar-refractivity contribution in [2.24, 2.45) is 0 Å². The third-order valence-corrected chi connectivity index (χ3v) is 5.13. The Morgan fingerprint density at radius 1 is 1.12 bits per heavy atom. The van der Waals surface area contributed by atoms with Crippen molar-refractivity contribution < 1.29 is 9.59 Å². The molecule has 0 aliphatic carbocycles. The summed E-state index contributed by atoms with van der Waals surface area (Å²) in [6.45, 7) is 2.05. The monoisotopic (exact) mass is 317 g/mol. The Morgan fingerprint density at radius 3 is 2.58 bits per heavy atom. The first-order chi connectivity index (χ1) is 11.7. The first-order valence-corrected chi connectivity index (χ1v) is 8.28. The Kier molecular flexibility index (Phi) is 3.38. The fraction of sp³-hybridized carbons (Fsp3) is 0.238. The summed E-state index contributed by atoms with van der Waals surface area (Å²) < 4.78 is 0. The summed E-state index contributed by atoms with van der Waals surface area (Å²) in [5.74, 6) is 0.132. The number of hydrogen-bond acceptors (Lipinski definition) is 3. The molecule has 2 aliphatic rings. The van der Waals surface area contributed by atoms with E-state index in [2.05, 4.69) is 17.9 Å². The Bertz CT molecular complexity index is 840. The van der Waals surface area contributed by atoms with Crippen LogP contribution in [0.3, 0.4) is 0 Å². The fourth-order valence-corrected chi connectivity index (χ4v) is 4.26. The number of hydrogen-bond donors (Lipinski definition) is 0. The zero-order valence-corrected chi connectivity index (χ0v) is 13.6. The maximum Gasteiger partial charge on any atom is 0.195 e. The molecule has 2 aromatic rings. The van der Waals surface area contributed by atoms with Crippen LogP contribution in [0.25, 0.3) is 0 Å². The first kappa shape index (κ1) is 14.9. The van der Waals surface area contributed by atoms with E-state index in [0.29, 0.717) is 12.8 Å². The van der Waals surface area contributed by atoms with Gasteiger partial charge in [0.1, 0.15) is 11.8 Å². The smallest absolute Gasteiger partial charge is 0.195 e. The van der Waals surface area contributed by atoms with Crippen LogP contribution in [0.5, 0.6) is 0 Å². The van der Waals surface area contributed by atoms with E-state index in [1.807, 2.05) is 54.6 Å². The van der Waals surface area contributed by atoms with E-state index < -0.39 is 5.54 Å². The topological polar surface area (TPSA) is 37.4 Å². The van der Waals surface area contributed by atoms with Gasteiger partial charge < -0.3 is 9.69 Å². The van der Waals surface area contributed by atoms with E-state index in [0.717, 1.165) is 28.7 Å². The number of carbonyl (C=O) groups is 2. The van der Waals surface area contributed by atoms with Crippen LogP contribution >= 0.6 is 0 Å². The van der Waals surface area contributed by atoms with Gasteiger partial charge in [-0.05, 0) is 24.6 Å². The Hall–Kier alpha value is -2.68. The van der Waals surface area contributed by atoms with Crippen molar-refractivity contribution in [1.82, 2.24) is 0 Å². The number of anilines is 1. The third-order valence-electron chi connectivity index (χ3n) is 5.13. The van der Waals surface area contributed by atoms with Crippen LogP contribution in [0.4, 0.5) is 5.69 Å². The van der Waals surface area contributed by atoms with Gasteiger partial charge in [-0.3, -0.25) is 4.79 Å². The average molecular weight is 317 g/mol. The molecule has 4 rings (SSSR count). The van der Waals surface area contributed by atoms with E-state index >= 15 is 0 Å². The molecule has 0 bridgehead atoms. The van der Waals surface area contributed by atoms with Gasteiger partial charge in [-0.2, -0.15) is 0 Å². The van der Waals surface area contributed by atoms with Crippen molar-refractivity contribution in [2.45, 2.75) is 31.3 Å². The molecule has 120 valence electrons. The van der Waals surface area contributed by atoms with Crippen LogP contribution in [0, 0.1) is 0 Å². The molecule has 2 heterocycles. The molecular weight excluding hydrogens is 298 g/mol. The van der Waals surface area contributed by atoms with Gasteiger partial charge in [0.2, 0.25) is 0 Å². The maximum atomic E-state index is 13.5. The van der Waals surface area contributed by atoms with E-state index in [9.17, 15) is 9.59 Å². The minimum atomic E-state index is -0.739. The van der Waals surface area contributed by atoms with Gasteiger partial charge in [-0.15, -0.1) is 0 Å². The summed E-state index contributed by atoms with van der Waals surface area (Å²) in [6.07, 6.45) is 4.11. The minimum Gasteiger partial charge on any atom is -0.347 e. The van der Waals surface area contributed by atoms with Gasteiger partial charge in [-0.1, -0.05) is 54.1 Å². The summed E-state index contributed by atoms with van der Waals surface area (Å²) in [5, 5.41) is 0. The van der Waals surface area contributed by atoms with Crippen LogP contribution < -0.4 is 4.90 Å². The van der Waals surface area contributed by atoms with Crippen molar-refractivity contribution in [2.75, 3.05) is 4.90 Å². The molecule has 2 aliphatic heterocycles. The van der Waals surface area contributed by atoms with E-state index in [4.69, 9.17) is 0 Å². The lowest BCUT2D eigenvalue weighted by Gasteiger charge is -2.46. The van der Waals surface area contributed by atoms with Gasteiger partial charge in [0, 0.05) is 24.1 Å². The molecule has 0 fully saturated rings. The predicted molar refractivity (Wildman–Crippen MR) is 94.2 cm³/mol. The molecule has 0 aromatic heterocycles. The van der Waals surface area contributed by atoms with Crippen molar-refractivity contribution in [3.05, 3.63) is 77.4 Å². The average Bonchev–Trinajstić information content (AvgIpc) is 2.86. The van der Waals surface area contributed by atoms with Gasteiger partial charge in [0.05, 0.1) is 6.04 Å². The Balaban J connectivity index is 2.00. The highest BCUT2D eigenvalue weighted by Gasteiger charge is 2.55. The van der Waals surface area contributed by atoms with Gasteiger partial charge in [0.25, 0.3) is 0 Å². The number of rotatable bonds is 3. The van der Waals surface area contributed by atoms with Gasteiger partial charge in [-0.25, -0.2) is 0 Å². The number of Topliss-reactive ketones (excluding diaryl/α,β-unsaturated/α-hetero) is 1. The van der Waals surface area contributed by atoms with Crippen LogP contribution in [0.15, 0.2) is 66.2 Å². The molecule has 3 nitrogen and oxygen atoms in total. The summed E-state index contributed by atoms with van der Waals surface area (Å²) in [5.41, 5.74) is 3.09. The summed E-state index contributed by atoms with van der Waals surface area (Å²) in [4.78, 5) is 26.9. The van der Waals surface area contributed by atoms with Crippen molar-refractivity contribution in [1.29, 1.82) is 0 Å². The fourth-order valence-electron chi connectivity index (χ4n) is 4.26. The zero-order chi connectivity index (χ0) is 16.7. The quantitative estimate of drug-likeness (QED) is 0.636. The third kappa shape index (κ3) is 1.91. The van der Waals surface area contributed by atoms with Crippen molar-refractivity contribution in [3.8, 4) is 0 Å². The second-order valence-corrected chi connectivity index (χ2v) is 6.60. The summed E-state index contributed by atoms with van der Waals surface area (Å²) in [6, 6.07) is 17.6.